The highest BCUT2D eigenvalue weighted by molar-refractivity contribution is 5.93. The number of rotatable bonds is 2. The lowest BCUT2D eigenvalue weighted by molar-refractivity contribution is -0.0123. The number of hydrogen-bond acceptors (Lipinski definition) is 4. The number of aryl methyl sites for hydroxylation is 2. The lowest BCUT2D eigenvalue weighted by atomic mass is 9.74. The average molecular weight is 320 g/mol. The number of nitrogens with zero attached hydrogens (tertiary/aromatic N) is 2. The lowest BCUT2D eigenvalue weighted by Gasteiger charge is -2.44. The minimum atomic E-state index is -0.287. The van der Waals surface area contributed by atoms with Crippen molar-refractivity contribution in [2.24, 2.45) is 11.8 Å². The van der Waals surface area contributed by atoms with E-state index in [0.29, 0.717) is 23.3 Å². The van der Waals surface area contributed by atoms with Crippen molar-refractivity contribution in [2.45, 2.75) is 71.4 Å². The van der Waals surface area contributed by atoms with Gasteiger partial charge in [0, 0.05) is 25.4 Å². The van der Waals surface area contributed by atoms with Gasteiger partial charge < -0.3 is 14.4 Å². The summed E-state index contributed by atoms with van der Waals surface area (Å²) in [5, 5.41) is 10.5. The van der Waals surface area contributed by atoms with E-state index in [4.69, 9.17) is 4.42 Å². The van der Waals surface area contributed by atoms with E-state index in [1.54, 1.807) is 13.8 Å². The second-order valence-corrected chi connectivity index (χ2v) is 7.35. The Hall–Kier alpha value is -1.36. The standard InChI is InChI=1S/C18H28N2O3/c1-11-7-8-16(21)14(10-11)15-6-4-5-9-20(15)18(22)17-12(2)23-13(3)19-17/h11,14-16,21H,4-10H2,1-3H3/t11-,14-,15+,16-/m0/s1. The van der Waals surface area contributed by atoms with Crippen molar-refractivity contribution in [3.05, 3.63) is 17.3 Å². The highest BCUT2D eigenvalue weighted by Gasteiger charge is 2.40. The molecule has 2 fully saturated rings. The number of amides is 1. The second kappa shape index (κ2) is 6.63. The van der Waals surface area contributed by atoms with Gasteiger partial charge in [0.25, 0.3) is 5.91 Å². The normalized spacial score (nSPS) is 32.1. The van der Waals surface area contributed by atoms with E-state index in [9.17, 15) is 9.90 Å². The Morgan fingerprint density at radius 1 is 1.26 bits per heavy atom. The number of carbonyl (C=O) groups excluding carboxylic acids is 1. The molecule has 2 aliphatic rings. The zero-order chi connectivity index (χ0) is 16.6. The van der Waals surface area contributed by atoms with Gasteiger partial charge in [0.15, 0.2) is 11.6 Å². The van der Waals surface area contributed by atoms with Crippen molar-refractivity contribution in [3.8, 4) is 0 Å². The van der Waals surface area contributed by atoms with Gasteiger partial charge in [0.05, 0.1) is 6.10 Å². The molecule has 2 heterocycles. The van der Waals surface area contributed by atoms with Crippen LogP contribution in [0.2, 0.25) is 0 Å². The molecule has 1 saturated carbocycles. The number of piperidine rings is 1. The Labute approximate surface area is 138 Å². The summed E-state index contributed by atoms with van der Waals surface area (Å²) in [5.41, 5.74) is 0.438. The number of aliphatic hydroxyl groups is 1. The van der Waals surface area contributed by atoms with E-state index in [1.165, 1.54) is 0 Å². The molecule has 0 aromatic carbocycles. The topological polar surface area (TPSA) is 66.6 Å². The largest absolute Gasteiger partial charge is 0.445 e. The predicted octanol–water partition coefficient (Wildman–Crippen LogP) is 3.08. The lowest BCUT2D eigenvalue weighted by Crippen LogP contribution is -2.52. The summed E-state index contributed by atoms with van der Waals surface area (Å²) in [4.78, 5) is 19.2. The molecule has 1 saturated heterocycles. The Balaban J connectivity index is 1.83. The molecule has 0 unspecified atom stereocenters. The van der Waals surface area contributed by atoms with Crippen LogP contribution < -0.4 is 0 Å². The Morgan fingerprint density at radius 2 is 2.04 bits per heavy atom. The molecule has 5 nitrogen and oxygen atoms in total. The molecular formula is C18H28N2O3. The quantitative estimate of drug-likeness (QED) is 0.909. The third-order valence-electron chi connectivity index (χ3n) is 5.53. The molecule has 5 heteroatoms. The van der Waals surface area contributed by atoms with E-state index >= 15 is 0 Å². The number of hydrogen-bond donors (Lipinski definition) is 1. The van der Waals surface area contributed by atoms with Crippen LogP contribution in [0.15, 0.2) is 4.42 Å². The SMILES string of the molecule is Cc1nc(C(=O)N2CCCC[C@@H]2[C@@H]2C[C@@H](C)CC[C@@H]2O)c(C)o1. The van der Waals surface area contributed by atoms with Crippen molar-refractivity contribution >= 4 is 5.91 Å². The van der Waals surface area contributed by atoms with Crippen molar-refractivity contribution in [1.29, 1.82) is 0 Å². The zero-order valence-electron chi connectivity index (χ0n) is 14.4. The van der Waals surface area contributed by atoms with Gasteiger partial charge in [-0.05, 0) is 51.4 Å². The smallest absolute Gasteiger partial charge is 0.276 e. The van der Waals surface area contributed by atoms with Gasteiger partial charge in [-0.25, -0.2) is 4.98 Å². The summed E-state index contributed by atoms with van der Waals surface area (Å²) in [6, 6.07) is 0.130. The molecule has 23 heavy (non-hydrogen) atoms. The van der Waals surface area contributed by atoms with E-state index in [-0.39, 0.29) is 24.0 Å². The maximum Gasteiger partial charge on any atom is 0.276 e. The second-order valence-electron chi connectivity index (χ2n) is 7.35. The monoisotopic (exact) mass is 320 g/mol. The van der Waals surface area contributed by atoms with Crippen LogP contribution in [0, 0.1) is 25.7 Å². The fraction of sp³-hybridized carbons (Fsp3) is 0.778. The molecule has 128 valence electrons. The average Bonchev–Trinajstić information content (AvgIpc) is 2.87. The molecule has 4 atom stereocenters. The van der Waals surface area contributed by atoms with Crippen LogP contribution in [0.5, 0.6) is 0 Å². The van der Waals surface area contributed by atoms with Crippen LogP contribution in [0.4, 0.5) is 0 Å². The number of carbonyl (C=O) groups is 1. The fourth-order valence-corrected chi connectivity index (χ4v) is 4.34. The first-order chi connectivity index (χ1) is 11.0. The number of aliphatic hydroxyl groups excluding tert-OH is 1. The van der Waals surface area contributed by atoms with Crippen molar-refractivity contribution in [3.63, 3.8) is 0 Å². The molecule has 1 N–H and O–H groups in total. The molecule has 1 amide bonds. The Morgan fingerprint density at radius 3 is 2.74 bits per heavy atom. The molecule has 0 spiro atoms. The number of aromatic nitrogens is 1. The summed E-state index contributed by atoms with van der Waals surface area (Å²) in [7, 11) is 0. The van der Waals surface area contributed by atoms with Crippen LogP contribution in [0.1, 0.15) is 67.6 Å². The minimum absolute atomic E-state index is 0.0329. The number of likely N-dealkylation sites (tertiary alicyclic amines) is 1. The van der Waals surface area contributed by atoms with E-state index in [1.807, 2.05) is 4.90 Å². The zero-order valence-corrected chi connectivity index (χ0v) is 14.4. The van der Waals surface area contributed by atoms with Crippen LogP contribution in [-0.4, -0.2) is 39.6 Å². The maximum absolute atomic E-state index is 13.0. The van der Waals surface area contributed by atoms with Gasteiger partial charge in [0.1, 0.15) is 5.76 Å². The summed E-state index contributed by atoms with van der Waals surface area (Å²) in [5.74, 6) is 1.91. The Bertz CT molecular complexity index is 569. The number of oxazole rings is 1. The van der Waals surface area contributed by atoms with E-state index in [2.05, 4.69) is 11.9 Å². The molecule has 1 aliphatic heterocycles. The predicted molar refractivity (Wildman–Crippen MR) is 87.2 cm³/mol. The van der Waals surface area contributed by atoms with Crippen molar-refractivity contribution in [2.75, 3.05) is 6.54 Å². The first kappa shape index (κ1) is 16.5. The molecule has 1 aromatic heterocycles. The Kier molecular flexibility index (Phi) is 4.76. The van der Waals surface area contributed by atoms with Gasteiger partial charge in [-0.1, -0.05) is 6.92 Å². The van der Waals surface area contributed by atoms with Gasteiger partial charge in [-0.2, -0.15) is 0 Å². The highest BCUT2D eigenvalue weighted by atomic mass is 16.4. The molecule has 1 aromatic rings. The summed E-state index contributed by atoms with van der Waals surface area (Å²) in [6.45, 7) is 6.57. The minimum Gasteiger partial charge on any atom is -0.445 e. The van der Waals surface area contributed by atoms with Crippen molar-refractivity contribution < 1.29 is 14.3 Å². The maximum atomic E-state index is 13.0. The first-order valence-corrected chi connectivity index (χ1v) is 8.90. The molecule has 0 bridgehead atoms. The van der Waals surface area contributed by atoms with E-state index < -0.39 is 0 Å². The summed E-state index contributed by atoms with van der Waals surface area (Å²) in [6.07, 6.45) is 5.79. The van der Waals surface area contributed by atoms with Gasteiger partial charge in [-0.3, -0.25) is 4.79 Å². The molecule has 1 aliphatic carbocycles. The van der Waals surface area contributed by atoms with Gasteiger partial charge in [-0.15, -0.1) is 0 Å². The highest BCUT2D eigenvalue weighted by Crippen LogP contribution is 2.37. The third-order valence-corrected chi connectivity index (χ3v) is 5.53. The molecule has 3 rings (SSSR count). The summed E-state index contributed by atoms with van der Waals surface area (Å²) >= 11 is 0. The van der Waals surface area contributed by atoms with E-state index in [0.717, 1.165) is 45.1 Å². The van der Waals surface area contributed by atoms with Crippen LogP contribution in [0.3, 0.4) is 0 Å². The van der Waals surface area contributed by atoms with Crippen LogP contribution in [0.25, 0.3) is 0 Å². The summed E-state index contributed by atoms with van der Waals surface area (Å²) < 4.78 is 5.44. The molecular weight excluding hydrogens is 292 g/mol. The third kappa shape index (κ3) is 3.30. The van der Waals surface area contributed by atoms with Gasteiger partial charge in [0.2, 0.25) is 0 Å². The molecule has 0 radical (unpaired) electrons. The fourth-order valence-electron chi connectivity index (χ4n) is 4.34. The van der Waals surface area contributed by atoms with Crippen molar-refractivity contribution in [1.82, 2.24) is 9.88 Å². The van der Waals surface area contributed by atoms with Crippen LogP contribution >= 0.6 is 0 Å². The van der Waals surface area contributed by atoms with Crippen LogP contribution in [-0.2, 0) is 0 Å². The first-order valence-electron chi connectivity index (χ1n) is 8.90. The van der Waals surface area contributed by atoms with Gasteiger partial charge >= 0.3 is 0 Å².